The van der Waals surface area contributed by atoms with Crippen LogP contribution in [0.3, 0.4) is 0 Å². The number of carbonyl (C=O) groups excluding carboxylic acids is 1. The van der Waals surface area contributed by atoms with E-state index in [9.17, 15) is 4.79 Å². The van der Waals surface area contributed by atoms with Gasteiger partial charge < -0.3 is 10.6 Å². The first kappa shape index (κ1) is 11.8. The molecule has 3 heteroatoms. The Balaban J connectivity index is 2.00. The van der Waals surface area contributed by atoms with Crippen LogP contribution in [0.5, 0.6) is 0 Å². The number of benzene rings is 2. The molecule has 3 rings (SSSR count). The Bertz CT molecular complexity index is 649. The zero-order valence-electron chi connectivity index (χ0n) is 10.9. The first-order chi connectivity index (χ1) is 9.16. The third-order valence-electron chi connectivity index (χ3n) is 3.63. The Morgan fingerprint density at radius 3 is 2.79 bits per heavy atom. The second-order valence-electron chi connectivity index (χ2n) is 4.91. The summed E-state index contributed by atoms with van der Waals surface area (Å²) in [7, 11) is 0. The molecule has 0 bridgehead atoms. The van der Waals surface area contributed by atoms with Gasteiger partial charge in [0.05, 0.1) is 0 Å². The monoisotopic (exact) mass is 252 g/mol. The van der Waals surface area contributed by atoms with Gasteiger partial charge in [-0.05, 0) is 42.7 Å². The van der Waals surface area contributed by atoms with Crippen molar-refractivity contribution in [1.29, 1.82) is 0 Å². The lowest BCUT2D eigenvalue weighted by Crippen LogP contribution is -2.29. The summed E-state index contributed by atoms with van der Waals surface area (Å²) in [5.41, 5.74) is 10.4. The van der Waals surface area contributed by atoms with E-state index in [1.54, 1.807) is 0 Å². The zero-order valence-corrected chi connectivity index (χ0v) is 10.9. The quantitative estimate of drug-likeness (QED) is 0.793. The van der Waals surface area contributed by atoms with Crippen molar-refractivity contribution in [2.24, 2.45) is 0 Å². The fourth-order valence-electron chi connectivity index (χ4n) is 2.57. The number of nitrogens with two attached hydrogens (primary N) is 1. The molecule has 0 saturated heterocycles. The maximum atomic E-state index is 12.6. The van der Waals surface area contributed by atoms with E-state index in [1.165, 1.54) is 5.56 Å². The summed E-state index contributed by atoms with van der Waals surface area (Å²) in [5, 5.41) is 0. The molecule has 1 heterocycles. The molecule has 0 atom stereocenters. The van der Waals surface area contributed by atoms with Gasteiger partial charge in [0, 0.05) is 23.5 Å². The van der Waals surface area contributed by atoms with Gasteiger partial charge in [-0.15, -0.1) is 0 Å². The highest BCUT2D eigenvalue weighted by Crippen LogP contribution is 2.31. The molecule has 0 fully saturated rings. The Kier molecular flexibility index (Phi) is 2.75. The van der Waals surface area contributed by atoms with Crippen molar-refractivity contribution in [3.05, 3.63) is 59.2 Å². The van der Waals surface area contributed by atoms with E-state index in [1.807, 2.05) is 54.3 Å². The second-order valence-corrected chi connectivity index (χ2v) is 4.91. The van der Waals surface area contributed by atoms with Crippen LogP contribution in [0, 0.1) is 6.92 Å². The summed E-state index contributed by atoms with van der Waals surface area (Å²) in [4.78, 5) is 14.5. The van der Waals surface area contributed by atoms with Crippen molar-refractivity contribution in [3.8, 4) is 0 Å². The number of rotatable bonds is 1. The molecule has 1 aliphatic heterocycles. The Morgan fingerprint density at radius 2 is 2.00 bits per heavy atom. The van der Waals surface area contributed by atoms with E-state index < -0.39 is 0 Å². The van der Waals surface area contributed by atoms with Crippen LogP contribution in [0.4, 0.5) is 11.4 Å². The van der Waals surface area contributed by atoms with E-state index in [4.69, 9.17) is 5.73 Å². The number of anilines is 2. The Hall–Kier alpha value is -2.29. The van der Waals surface area contributed by atoms with Gasteiger partial charge >= 0.3 is 0 Å². The van der Waals surface area contributed by atoms with Crippen molar-refractivity contribution in [2.75, 3.05) is 17.2 Å². The van der Waals surface area contributed by atoms with Crippen LogP contribution in [-0.2, 0) is 6.42 Å². The molecule has 0 radical (unpaired) electrons. The second kappa shape index (κ2) is 4.43. The first-order valence-corrected chi connectivity index (χ1v) is 6.43. The standard InChI is InChI=1S/C16H16N2O/c1-11-4-2-3-5-14(11)16(19)18-9-8-12-6-7-13(17)10-15(12)18/h2-7,10H,8-9,17H2,1H3. The average molecular weight is 252 g/mol. The molecule has 0 saturated carbocycles. The van der Waals surface area contributed by atoms with Gasteiger partial charge in [-0.25, -0.2) is 0 Å². The number of amides is 1. The van der Waals surface area contributed by atoms with E-state index in [0.717, 1.165) is 29.8 Å². The maximum Gasteiger partial charge on any atom is 0.258 e. The lowest BCUT2D eigenvalue weighted by atomic mass is 10.1. The van der Waals surface area contributed by atoms with Crippen molar-refractivity contribution < 1.29 is 4.79 Å². The number of aryl methyl sites for hydroxylation is 1. The minimum atomic E-state index is 0.0578. The predicted molar refractivity (Wildman–Crippen MR) is 77.4 cm³/mol. The molecule has 1 amide bonds. The number of carbonyl (C=O) groups is 1. The van der Waals surface area contributed by atoms with Crippen LogP contribution in [0.25, 0.3) is 0 Å². The van der Waals surface area contributed by atoms with Crippen LogP contribution in [-0.4, -0.2) is 12.5 Å². The molecular formula is C16H16N2O. The number of fused-ring (bicyclic) bond motifs is 1. The number of nitrogen functional groups attached to an aromatic ring is 1. The third-order valence-corrected chi connectivity index (χ3v) is 3.63. The minimum Gasteiger partial charge on any atom is -0.399 e. The molecule has 1 aliphatic rings. The summed E-state index contributed by atoms with van der Waals surface area (Å²) in [6.07, 6.45) is 0.896. The van der Waals surface area contributed by atoms with Crippen LogP contribution in [0.2, 0.25) is 0 Å². The normalized spacial score (nSPS) is 13.4. The fourth-order valence-corrected chi connectivity index (χ4v) is 2.57. The van der Waals surface area contributed by atoms with Gasteiger partial charge in [0.25, 0.3) is 5.91 Å². The van der Waals surface area contributed by atoms with Crippen molar-refractivity contribution in [2.45, 2.75) is 13.3 Å². The van der Waals surface area contributed by atoms with E-state index in [-0.39, 0.29) is 5.91 Å². The summed E-state index contributed by atoms with van der Waals surface area (Å²) in [6, 6.07) is 13.5. The highest BCUT2D eigenvalue weighted by molar-refractivity contribution is 6.08. The zero-order chi connectivity index (χ0) is 13.4. The number of nitrogens with zero attached hydrogens (tertiary/aromatic N) is 1. The van der Waals surface area contributed by atoms with Crippen LogP contribution < -0.4 is 10.6 Å². The molecule has 0 aromatic heterocycles. The van der Waals surface area contributed by atoms with Crippen molar-refractivity contribution in [1.82, 2.24) is 0 Å². The molecule has 96 valence electrons. The average Bonchev–Trinajstić information content (AvgIpc) is 2.81. The fraction of sp³-hybridized carbons (Fsp3) is 0.188. The topological polar surface area (TPSA) is 46.3 Å². The largest absolute Gasteiger partial charge is 0.399 e. The summed E-state index contributed by atoms with van der Waals surface area (Å²) in [6.45, 7) is 2.69. The van der Waals surface area contributed by atoms with Crippen LogP contribution in [0.15, 0.2) is 42.5 Å². The third kappa shape index (κ3) is 1.97. The number of hydrogen-bond acceptors (Lipinski definition) is 2. The number of hydrogen-bond donors (Lipinski definition) is 1. The van der Waals surface area contributed by atoms with E-state index in [0.29, 0.717) is 5.69 Å². The lowest BCUT2D eigenvalue weighted by Gasteiger charge is -2.18. The molecule has 0 aliphatic carbocycles. The SMILES string of the molecule is Cc1ccccc1C(=O)N1CCc2ccc(N)cc21. The Morgan fingerprint density at radius 1 is 1.21 bits per heavy atom. The molecule has 2 aromatic rings. The smallest absolute Gasteiger partial charge is 0.258 e. The van der Waals surface area contributed by atoms with E-state index >= 15 is 0 Å². The Labute approximate surface area is 112 Å². The molecule has 2 aromatic carbocycles. The molecular weight excluding hydrogens is 236 g/mol. The van der Waals surface area contributed by atoms with Gasteiger partial charge in [-0.1, -0.05) is 24.3 Å². The van der Waals surface area contributed by atoms with Gasteiger partial charge in [0.15, 0.2) is 0 Å². The summed E-state index contributed by atoms with van der Waals surface area (Å²) in [5.74, 6) is 0.0578. The molecule has 3 nitrogen and oxygen atoms in total. The van der Waals surface area contributed by atoms with Crippen LogP contribution >= 0.6 is 0 Å². The first-order valence-electron chi connectivity index (χ1n) is 6.43. The van der Waals surface area contributed by atoms with Crippen molar-refractivity contribution >= 4 is 17.3 Å². The summed E-state index contributed by atoms with van der Waals surface area (Å²) < 4.78 is 0. The predicted octanol–water partition coefficient (Wildman–Crippen LogP) is 2.78. The lowest BCUT2D eigenvalue weighted by molar-refractivity contribution is 0.0989. The van der Waals surface area contributed by atoms with Crippen LogP contribution in [0.1, 0.15) is 21.5 Å². The maximum absolute atomic E-state index is 12.6. The summed E-state index contributed by atoms with van der Waals surface area (Å²) >= 11 is 0. The minimum absolute atomic E-state index is 0.0578. The molecule has 2 N–H and O–H groups in total. The van der Waals surface area contributed by atoms with Gasteiger partial charge in [-0.2, -0.15) is 0 Å². The van der Waals surface area contributed by atoms with Gasteiger partial charge in [0.1, 0.15) is 0 Å². The highest BCUT2D eigenvalue weighted by Gasteiger charge is 2.26. The highest BCUT2D eigenvalue weighted by atomic mass is 16.2. The van der Waals surface area contributed by atoms with E-state index in [2.05, 4.69) is 0 Å². The van der Waals surface area contributed by atoms with Crippen molar-refractivity contribution in [3.63, 3.8) is 0 Å². The van der Waals surface area contributed by atoms with Gasteiger partial charge in [-0.3, -0.25) is 4.79 Å². The van der Waals surface area contributed by atoms with Gasteiger partial charge in [0.2, 0.25) is 0 Å². The molecule has 0 spiro atoms. The molecule has 0 unspecified atom stereocenters. The molecule has 19 heavy (non-hydrogen) atoms.